The first kappa shape index (κ1) is 15.2. The van der Waals surface area contributed by atoms with E-state index in [-0.39, 0.29) is 12.5 Å². The number of nitrogens with zero attached hydrogens (tertiary/aromatic N) is 2. The molecule has 0 radical (unpaired) electrons. The van der Waals surface area contributed by atoms with E-state index < -0.39 is 11.6 Å². The molecule has 2 rings (SSSR count). The van der Waals surface area contributed by atoms with Gasteiger partial charge in [0.15, 0.2) is 11.6 Å². The molecular formula is C15H17F2N3O. The van der Waals surface area contributed by atoms with Crippen LogP contribution in [-0.4, -0.2) is 27.5 Å². The molecule has 4 nitrogen and oxygen atoms in total. The average molecular weight is 293 g/mol. The summed E-state index contributed by atoms with van der Waals surface area (Å²) in [7, 11) is 0. The van der Waals surface area contributed by atoms with E-state index in [2.05, 4.69) is 10.2 Å². The topological polar surface area (TPSA) is 49.0 Å². The fourth-order valence-electron chi connectivity index (χ4n) is 2.21. The standard InChI is InChI=1S/C15H17F2N3O/c1-4-20(8-11-5-6-12(16)13(17)7-11)15(21)14-9(2)18-19-10(14)3/h5-7H,4,8H2,1-3H3,(H,18,19). The quantitative estimate of drug-likeness (QED) is 0.942. The van der Waals surface area contributed by atoms with Gasteiger partial charge in [-0.25, -0.2) is 8.78 Å². The lowest BCUT2D eigenvalue weighted by Crippen LogP contribution is -2.31. The highest BCUT2D eigenvalue weighted by Crippen LogP contribution is 2.16. The van der Waals surface area contributed by atoms with Crippen molar-refractivity contribution in [1.82, 2.24) is 15.1 Å². The third kappa shape index (κ3) is 3.09. The number of halogens is 2. The predicted octanol–water partition coefficient (Wildman–Crippen LogP) is 2.97. The first-order chi connectivity index (χ1) is 9.93. The fraction of sp³-hybridized carbons (Fsp3) is 0.333. The molecule has 1 aromatic carbocycles. The lowest BCUT2D eigenvalue weighted by atomic mass is 10.1. The van der Waals surface area contributed by atoms with Gasteiger partial charge in [-0.1, -0.05) is 6.07 Å². The van der Waals surface area contributed by atoms with Gasteiger partial charge in [-0.2, -0.15) is 5.10 Å². The predicted molar refractivity (Wildman–Crippen MR) is 74.8 cm³/mol. The Morgan fingerprint density at radius 1 is 1.29 bits per heavy atom. The van der Waals surface area contributed by atoms with Gasteiger partial charge in [0.2, 0.25) is 0 Å². The summed E-state index contributed by atoms with van der Waals surface area (Å²) in [6, 6.07) is 3.65. The first-order valence-corrected chi connectivity index (χ1v) is 6.68. The van der Waals surface area contributed by atoms with Gasteiger partial charge < -0.3 is 4.90 Å². The molecule has 0 spiro atoms. The molecule has 1 aromatic heterocycles. The third-order valence-electron chi connectivity index (χ3n) is 3.37. The Kier molecular flexibility index (Phi) is 4.35. The Balaban J connectivity index is 2.23. The number of hydrogen-bond acceptors (Lipinski definition) is 2. The largest absolute Gasteiger partial charge is 0.334 e. The zero-order valence-electron chi connectivity index (χ0n) is 12.2. The van der Waals surface area contributed by atoms with Crippen molar-refractivity contribution >= 4 is 5.91 Å². The van der Waals surface area contributed by atoms with Crippen LogP contribution in [0.2, 0.25) is 0 Å². The van der Waals surface area contributed by atoms with Crippen LogP contribution in [0, 0.1) is 25.5 Å². The summed E-state index contributed by atoms with van der Waals surface area (Å²) in [5, 5.41) is 6.77. The average Bonchev–Trinajstić information content (AvgIpc) is 2.78. The van der Waals surface area contributed by atoms with Gasteiger partial charge in [-0.15, -0.1) is 0 Å². The van der Waals surface area contributed by atoms with Gasteiger partial charge in [0, 0.05) is 18.8 Å². The number of benzene rings is 1. The van der Waals surface area contributed by atoms with Gasteiger partial charge in [-0.05, 0) is 38.5 Å². The van der Waals surface area contributed by atoms with Crippen molar-refractivity contribution in [2.45, 2.75) is 27.3 Å². The summed E-state index contributed by atoms with van der Waals surface area (Å²) in [4.78, 5) is 14.1. The number of rotatable bonds is 4. The molecular weight excluding hydrogens is 276 g/mol. The molecule has 0 aliphatic rings. The van der Waals surface area contributed by atoms with E-state index in [4.69, 9.17) is 0 Å². The maximum Gasteiger partial charge on any atom is 0.257 e. The smallest absolute Gasteiger partial charge is 0.257 e. The molecule has 1 heterocycles. The van der Waals surface area contributed by atoms with E-state index in [9.17, 15) is 13.6 Å². The van der Waals surface area contributed by atoms with Crippen molar-refractivity contribution in [3.8, 4) is 0 Å². The molecule has 0 unspecified atom stereocenters. The van der Waals surface area contributed by atoms with E-state index in [1.807, 2.05) is 6.92 Å². The number of carbonyl (C=O) groups excluding carboxylic acids is 1. The highest BCUT2D eigenvalue weighted by atomic mass is 19.2. The summed E-state index contributed by atoms with van der Waals surface area (Å²) >= 11 is 0. The van der Waals surface area contributed by atoms with Crippen molar-refractivity contribution in [3.63, 3.8) is 0 Å². The number of aromatic amines is 1. The van der Waals surface area contributed by atoms with Crippen molar-refractivity contribution in [3.05, 3.63) is 52.3 Å². The number of aromatic nitrogens is 2. The molecule has 0 saturated carbocycles. The zero-order valence-corrected chi connectivity index (χ0v) is 12.2. The molecule has 0 fully saturated rings. The van der Waals surface area contributed by atoms with Crippen molar-refractivity contribution < 1.29 is 13.6 Å². The molecule has 1 amide bonds. The second-order valence-electron chi connectivity index (χ2n) is 4.88. The van der Waals surface area contributed by atoms with E-state index in [1.165, 1.54) is 6.07 Å². The van der Waals surface area contributed by atoms with E-state index >= 15 is 0 Å². The number of aryl methyl sites for hydroxylation is 2. The second-order valence-corrected chi connectivity index (χ2v) is 4.88. The van der Waals surface area contributed by atoms with Crippen LogP contribution < -0.4 is 0 Å². The van der Waals surface area contributed by atoms with Crippen LogP contribution >= 0.6 is 0 Å². The van der Waals surface area contributed by atoms with Crippen molar-refractivity contribution in [2.75, 3.05) is 6.54 Å². The summed E-state index contributed by atoms with van der Waals surface area (Å²) < 4.78 is 26.2. The molecule has 0 aliphatic heterocycles. The molecule has 0 bridgehead atoms. The first-order valence-electron chi connectivity index (χ1n) is 6.68. The summed E-state index contributed by atoms with van der Waals surface area (Å²) in [5.41, 5.74) is 2.39. The van der Waals surface area contributed by atoms with Gasteiger partial charge in [0.05, 0.1) is 11.3 Å². The third-order valence-corrected chi connectivity index (χ3v) is 3.37. The van der Waals surface area contributed by atoms with Gasteiger partial charge >= 0.3 is 0 Å². The Morgan fingerprint density at radius 2 is 2.00 bits per heavy atom. The van der Waals surface area contributed by atoms with Crippen LogP contribution in [0.15, 0.2) is 18.2 Å². The van der Waals surface area contributed by atoms with Gasteiger partial charge in [0.1, 0.15) is 0 Å². The van der Waals surface area contributed by atoms with Crippen LogP contribution in [0.25, 0.3) is 0 Å². The van der Waals surface area contributed by atoms with Crippen LogP contribution in [-0.2, 0) is 6.54 Å². The molecule has 0 aliphatic carbocycles. The Morgan fingerprint density at radius 3 is 2.52 bits per heavy atom. The Labute approximate surface area is 121 Å². The maximum absolute atomic E-state index is 13.2. The molecule has 21 heavy (non-hydrogen) atoms. The van der Waals surface area contributed by atoms with Gasteiger partial charge in [0.25, 0.3) is 5.91 Å². The number of amides is 1. The highest BCUT2D eigenvalue weighted by molar-refractivity contribution is 5.96. The SMILES string of the molecule is CCN(Cc1ccc(F)c(F)c1)C(=O)c1c(C)n[nH]c1C. The molecule has 6 heteroatoms. The lowest BCUT2D eigenvalue weighted by Gasteiger charge is -2.21. The highest BCUT2D eigenvalue weighted by Gasteiger charge is 2.21. The number of H-pyrrole nitrogens is 1. The van der Waals surface area contributed by atoms with E-state index in [0.717, 1.165) is 12.1 Å². The Hall–Kier alpha value is -2.24. The lowest BCUT2D eigenvalue weighted by molar-refractivity contribution is 0.0751. The van der Waals surface area contributed by atoms with Gasteiger partial charge in [-0.3, -0.25) is 9.89 Å². The maximum atomic E-state index is 13.2. The summed E-state index contributed by atoms with van der Waals surface area (Å²) in [6.07, 6.45) is 0. The minimum atomic E-state index is -0.910. The summed E-state index contributed by atoms with van der Waals surface area (Å²) in [5.74, 6) is -1.98. The van der Waals surface area contributed by atoms with E-state index in [1.54, 1.807) is 18.7 Å². The van der Waals surface area contributed by atoms with Crippen LogP contribution in [0.5, 0.6) is 0 Å². The van der Waals surface area contributed by atoms with Crippen LogP contribution in [0.3, 0.4) is 0 Å². The number of hydrogen-bond donors (Lipinski definition) is 1. The molecule has 0 atom stereocenters. The van der Waals surface area contributed by atoms with Crippen LogP contribution in [0.4, 0.5) is 8.78 Å². The number of carbonyl (C=O) groups is 1. The minimum absolute atomic E-state index is 0.175. The molecule has 112 valence electrons. The van der Waals surface area contributed by atoms with E-state index in [0.29, 0.717) is 29.1 Å². The molecule has 2 aromatic rings. The Bertz CT molecular complexity index is 647. The second kappa shape index (κ2) is 6.03. The zero-order chi connectivity index (χ0) is 15.6. The minimum Gasteiger partial charge on any atom is -0.334 e. The number of nitrogens with one attached hydrogen (secondary N) is 1. The summed E-state index contributed by atoms with van der Waals surface area (Å²) in [6.45, 7) is 6.04. The van der Waals surface area contributed by atoms with Crippen molar-refractivity contribution in [2.24, 2.45) is 0 Å². The molecule has 1 N–H and O–H groups in total. The molecule has 0 saturated heterocycles. The van der Waals surface area contributed by atoms with Crippen LogP contribution in [0.1, 0.15) is 34.2 Å². The normalized spacial score (nSPS) is 10.7. The fourth-order valence-corrected chi connectivity index (χ4v) is 2.21. The monoisotopic (exact) mass is 293 g/mol. The van der Waals surface area contributed by atoms with Crippen molar-refractivity contribution in [1.29, 1.82) is 0 Å².